The van der Waals surface area contributed by atoms with Gasteiger partial charge in [0, 0.05) is 24.8 Å². The summed E-state index contributed by atoms with van der Waals surface area (Å²) in [5.41, 5.74) is 0.832. The van der Waals surface area contributed by atoms with Crippen molar-refractivity contribution in [3.8, 4) is 0 Å². The number of benzene rings is 1. The molecule has 0 saturated carbocycles. The molecule has 134 valence electrons. The maximum absolute atomic E-state index is 12.7. The number of nitrogens with zero attached hydrogens (tertiary/aromatic N) is 2. The van der Waals surface area contributed by atoms with Crippen LogP contribution in [-0.4, -0.2) is 53.1 Å². The van der Waals surface area contributed by atoms with Crippen molar-refractivity contribution in [1.29, 1.82) is 0 Å². The summed E-state index contributed by atoms with van der Waals surface area (Å²) in [7, 11) is 0. The topological polar surface area (TPSA) is 90.0 Å². The third-order valence-corrected chi connectivity index (χ3v) is 5.02. The Morgan fingerprint density at radius 2 is 1.80 bits per heavy atom. The summed E-state index contributed by atoms with van der Waals surface area (Å²) in [6.45, 7) is 2.78. The quantitative estimate of drug-likeness (QED) is 0.872. The SMILES string of the molecule is CC1CC(NC(=O)N2CCC(C(=O)O)CC2)C(=O)N1c1ccccc1. The number of carbonyl (C=O) groups excluding carboxylic acids is 2. The average molecular weight is 345 g/mol. The number of likely N-dealkylation sites (tertiary alicyclic amines) is 1. The van der Waals surface area contributed by atoms with Crippen LogP contribution in [0.3, 0.4) is 0 Å². The fourth-order valence-corrected chi connectivity index (χ4v) is 3.59. The van der Waals surface area contributed by atoms with E-state index in [4.69, 9.17) is 5.11 Å². The molecule has 7 heteroatoms. The van der Waals surface area contributed by atoms with Crippen molar-refractivity contribution in [3.05, 3.63) is 30.3 Å². The van der Waals surface area contributed by atoms with Gasteiger partial charge in [-0.2, -0.15) is 0 Å². The maximum atomic E-state index is 12.7. The molecule has 0 aromatic heterocycles. The van der Waals surface area contributed by atoms with E-state index < -0.39 is 12.0 Å². The Morgan fingerprint density at radius 3 is 2.40 bits per heavy atom. The summed E-state index contributed by atoms with van der Waals surface area (Å²) >= 11 is 0. The number of nitrogens with one attached hydrogen (secondary N) is 1. The van der Waals surface area contributed by atoms with E-state index in [2.05, 4.69) is 5.32 Å². The molecule has 2 N–H and O–H groups in total. The van der Waals surface area contributed by atoms with Crippen molar-refractivity contribution < 1.29 is 19.5 Å². The molecule has 1 aromatic rings. The zero-order valence-electron chi connectivity index (χ0n) is 14.2. The van der Waals surface area contributed by atoms with E-state index in [1.807, 2.05) is 37.3 Å². The third kappa shape index (κ3) is 3.60. The molecule has 2 unspecified atom stereocenters. The molecule has 0 bridgehead atoms. The molecular weight excluding hydrogens is 322 g/mol. The zero-order chi connectivity index (χ0) is 18.0. The summed E-state index contributed by atoms with van der Waals surface area (Å²) in [6.07, 6.45) is 1.47. The van der Waals surface area contributed by atoms with Gasteiger partial charge in [-0.3, -0.25) is 9.59 Å². The predicted molar refractivity (Wildman–Crippen MR) is 92.3 cm³/mol. The van der Waals surface area contributed by atoms with E-state index in [0.717, 1.165) is 5.69 Å². The number of urea groups is 1. The lowest BCUT2D eigenvalue weighted by molar-refractivity contribution is -0.143. The van der Waals surface area contributed by atoms with Crippen molar-refractivity contribution in [2.45, 2.75) is 38.3 Å². The average Bonchev–Trinajstić information content (AvgIpc) is 2.89. The second kappa shape index (κ2) is 7.13. The number of para-hydroxylation sites is 1. The smallest absolute Gasteiger partial charge is 0.318 e. The minimum absolute atomic E-state index is 0.0120. The molecule has 1 aromatic carbocycles. The van der Waals surface area contributed by atoms with Crippen LogP contribution in [0.1, 0.15) is 26.2 Å². The number of anilines is 1. The van der Waals surface area contributed by atoms with Gasteiger partial charge in [0.1, 0.15) is 6.04 Å². The summed E-state index contributed by atoms with van der Waals surface area (Å²) in [4.78, 5) is 39.4. The Morgan fingerprint density at radius 1 is 1.16 bits per heavy atom. The molecule has 0 spiro atoms. The Balaban J connectivity index is 1.59. The van der Waals surface area contributed by atoms with Gasteiger partial charge in [0.05, 0.1) is 5.92 Å². The molecular formula is C18H23N3O4. The van der Waals surface area contributed by atoms with Crippen molar-refractivity contribution in [1.82, 2.24) is 10.2 Å². The van der Waals surface area contributed by atoms with Gasteiger partial charge in [-0.15, -0.1) is 0 Å². The molecule has 2 aliphatic rings. The van der Waals surface area contributed by atoms with Crippen molar-refractivity contribution in [2.24, 2.45) is 5.92 Å². The van der Waals surface area contributed by atoms with Crippen LogP contribution in [0.4, 0.5) is 10.5 Å². The van der Waals surface area contributed by atoms with Crippen molar-refractivity contribution in [2.75, 3.05) is 18.0 Å². The molecule has 25 heavy (non-hydrogen) atoms. The number of hydrogen-bond donors (Lipinski definition) is 2. The summed E-state index contributed by atoms with van der Waals surface area (Å²) < 4.78 is 0. The van der Waals surface area contributed by atoms with Crippen LogP contribution in [0.5, 0.6) is 0 Å². The fourth-order valence-electron chi connectivity index (χ4n) is 3.59. The van der Waals surface area contributed by atoms with Gasteiger partial charge in [0.2, 0.25) is 5.91 Å². The van der Waals surface area contributed by atoms with Gasteiger partial charge in [-0.25, -0.2) is 4.79 Å². The summed E-state index contributed by atoms with van der Waals surface area (Å²) in [6, 6.07) is 8.61. The van der Waals surface area contributed by atoms with Gasteiger partial charge < -0.3 is 20.2 Å². The van der Waals surface area contributed by atoms with Crippen LogP contribution in [0.2, 0.25) is 0 Å². The van der Waals surface area contributed by atoms with Crippen LogP contribution in [0, 0.1) is 5.92 Å². The first-order valence-corrected chi connectivity index (χ1v) is 8.63. The number of aliphatic carboxylic acids is 1. The third-order valence-electron chi connectivity index (χ3n) is 5.02. The highest BCUT2D eigenvalue weighted by atomic mass is 16.4. The normalized spacial score (nSPS) is 24.4. The number of piperidine rings is 1. The van der Waals surface area contributed by atoms with E-state index in [9.17, 15) is 14.4 Å². The molecule has 2 aliphatic heterocycles. The first-order chi connectivity index (χ1) is 12.0. The van der Waals surface area contributed by atoms with Gasteiger partial charge in [0.15, 0.2) is 0 Å². The molecule has 2 atom stereocenters. The number of amides is 3. The molecule has 2 fully saturated rings. The molecule has 7 nitrogen and oxygen atoms in total. The van der Waals surface area contributed by atoms with Gasteiger partial charge in [-0.1, -0.05) is 18.2 Å². The number of carboxylic acid groups (broad SMARTS) is 1. The highest BCUT2D eigenvalue weighted by Gasteiger charge is 2.39. The zero-order valence-corrected chi connectivity index (χ0v) is 14.2. The molecule has 3 rings (SSSR count). The summed E-state index contributed by atoms with van der Waals surface area (Å²) in [5, 5.41) is 11.8. The van der Waals surface area contributed by atoms with E-state index in [-0.39, 0.29) is 23.9 Å². The summed E-state index contributed by atoms with van der Waals surface area (Å²) in [5.74, 6) is -1.29. The second-order valence-corrected chi connectivity index (χ2v) is 6.73. The Labute approximate surface area is 146 Å². The lowest BCUT2D eigenvalue weighted by Gasteiger charge is -2.31. The molecule has 2 saturated heterocycles. The number of carbonyl (C=O) groups is 3. The maximum Gasteiger partial charge on any atom is 0.318 e. The lowest BCUT2D eigenvalue weighted by atomic mass is 9.97. The van der Waals surface area contributed by atoms with Crippen LogP contribution in [0.25, 0.3) is 0 Å². The van der Waals surface area contributed by atoms with E-state index in [1.54, 1.807) is 9.80 Å². The highest BCUT2D eigenvalue weighted by Crippen LogP contribution is 2.27. The van der Waals surface area contributed by atoms with Crippen LogP contribution in [0.15, 0.2) is 30.3 Å². The second-order valence-electron chi connectivity index (χ2n) is 6.73. The highest BCUT2D eigenvalue weighted by molar-refractivity contribution is 6.01. The van der Waals surface area contributed by atoms with E-state index >= 15 is 0 Å². The van der Waals surface area contributed by atoms with E-state index in [1.165, 1.54) is 0 Å². The van der Waals surface area contributed by atoms with Crippen LogP contribution in [-0.2, 0) is 9.59 Å². The Bertz CT molecular complexity index is 656. The van der Waals surface area contributed by atoms with Gasteiger partial charge in [-0.05, 0) is 38.3 Å². The predicted octanol–water partition coefficient (Wildman–Crippen LogP) is 1.69. The minimum Gasteiger partial charge on any atom is -0.481 e. The Hall–Kier alpha value is -2.57. The first-order valence-electron chi connectivity index (χ1n) is 8.63. The lowest BCUT2D eigenvalue weighted by Crippen LogP contribution is -2.50. The number of rotatable bonds is 3. The largest absolute Gasteiger partial charge is 0.481 e. The molecule has 2 heterocycles. The minimum atomic E-state index is -0.807. The molecule has 0 radical (unpaired) electrons. The number of carboxylic acids is 1. The van der Waals surface area contributed by atoms with Gasteiger partial charge in [0.25, 0.3) is 0 Å². The number of hydrogen-bond acceptors (Lipinski definition) is 3. The van der Waals surface area contributed by atoms with E-state index in [0.29, 0.717) is 32.4 Å². The monoisotopic (exact) mass is 345 g/mol. The van der Waals surface area contributed by atoms with Crippen LogP contribution < -0.4 is 10.2 Å². The van der Waals surface area contributed by atoms with Gasteiger partial charge >= 0.3 is 12.0 Å². The Kier molecular flexibility index (Phi) is 4.92. The van der Waals surface area contributed by atoms with Crippen molar-refractivity contribution >= 4 is 23.6 Å². The standard InChI is InChI=1S/C18H23N3O4/c1-12-11-15(16(22)21(12)14-5-3-2-4-6-14)19-18(25)20-9-7-13(8-10-20)17(23)24/h2-6,12-13,15H,7-11H2,1H3,(H,19,25)(H,23,24). The van der Waals surface area contributed by atoms with Crippen molar-refractivity contribution in [3.63, 3.8) is 0 Å². The first kappa shape index (κ1) is 17.3. The van der Waals surface area contributed by atoms with Crippen LogP contribution >= 0.6 is 0 Å². The fraction of sp³-hybridized carbons (Fsp3) is 0.500. The molecule has 3 amide bonds. The molecule has 0 aliphatic carbocycles.